The molecule has 0 unspecified atom stereocenters. The van der Waals surface area contributed by atoms with E-state index in [-0.39, 0.29) is 17.2 Å². The van der Waals surface area contributed by atoms with E-state index in [0.717, 1.165) is 23.4 Å². The number of hydrogen-bond acceptors (Lipinski definition) is 5. The number of hydrogen-bond donors (Lipinski definition) is 1. The van der Waals surface area contributed by atoms with Gasteiger partial charge in [-0.2, -0.15) is 0 Å². The molecule has 0 fully saturated rings. The quantitative estimate of drug-likeness (QED) is 0.290. The van der Waals surface area contributed by atoms with Gasteiger partial charge in [-0.3, -0.25) is 19.1 Å². The Morgan fingerprint density at radius 2 is 1.71 bits per heavy atom. The molecule has 0 atom stereocenters. The lowest BCUT2D eigenvalue weighted by Crippen LogP contribution is -2.40. The predicted molar refractivity (Wildman–Crippen MR) is 148 cm³/mol. The summed E-state index contributed by atoms with van der Waals surface area (Å²) in [6.07, 6.45) is 0. The monoisotopic (exact) mass is 494 g/mol. The molecule has 3 aromatic rings. The third-order valence-corrected chi connectivity index (χ3v) is 7.24. The molecule has 0 aliphatic carbocycles. The molecule has 7 heteroatoms. The number of para-hydroxylation sites is 2. The molecular formula is C28H38N4O2S. The van der Waals surface area contributed by atoms with E-state index in [4.69, 9.17) is 4.98 Å². The van der Waals surface area contributed by atoms with Gasteiger partial charge in [-0.15, -0.1) is 0 Å². The van der Waals surface area contributed by atoms with Crippen molar-refractivity contribution in [3.05, 3.63) is 63.9 Å². The maximum absolute atomic E-state index is 13.4. The first-order chi connectivity index (χ1) is 16.6. The summed E-state index contributed by atoms with van der Waals surface area (Å²) in [5, 5.41) is 4.27. The van der Waals surface area contributed by atoms with Crippen LogP contribution < -0.4 is 10.9 Å². The molecule has 0 bridgehead atoms. The van der Waals surface area contributed by atoms with E-state index < -0.39 is 0 Å². The number of carbonyl (C=O) groups is 1. The van der Waals surface area contributed by atoms with Gasteiger partial charge in [0, 0.05) is 30.9 Å². The van der Waals surface area contributed by atoms with E-state index in [0.29, 0.717) is 40.6 Å². The lowest BCUT2D eigenvalue weighted by atomic mass is 9.98. The highest BCUT2D eigenvalue weighted by Gasteiger charge is 2.18. The van der Waals surface area contributed by atoms with Crippen LogP contribution in [0.4, 0.5) is 5.69 Å². The number of benzene rings is 2. The van der Waals surface area contributed by atoms with Gasteiger partial charge >= 0.3 is 0 Å². The smallest absolute Gasteiger partial charge is 0.262 e. The van der Waals surface area contributed by atoms with E-state index in [1.54, 1.807) is 4.57 Å². The zero-order valence-electron chi connectivity index (χ0n) is 22.0. The van der Waals surface area contributed by atoms with Crippen LogP contribution in [0.2, 0.25) is 0 Å². The number of nitrogens with zero attached hydrogens (tertiary/aromatic N) is 3. The molecule has 1 aromatic heterocycles. The maximum atomic E-state index is 13.4. The Morgan fingerprint density at radius 3 is 2.37 bits per heavy atom. The van der Waals surface area contributed by atoms with Gasteiger partial charge in [-0.05, 0) is 63.8 Å². The van der Waals surface area contributed by atoms with Gasteiger partial charge in [0.2, 0.25) is 5.91 Å². The fraction of sp³-hybridized carbons (Fsp3) is 0.464. The van der Waals surface area contributed by atoms with Crippen LogP contribution in [-0.2, 0) is 11.3 Å². The van der Waals surface area contributed by atoms with Crippen molar-refractivity contribution in [2.24, 2.45) is 0 Å². The molecule has 3 rings (SSSR count). The Balaban J connectivity index is 1.86. The highest BCUT2D eigenvalue weighted by atomic mass is 32.2. The van der Waals surface area contributed by atoms with Crippen molar-refractivity contribution in [1.82, 2.24) is 14.5 Å². The van der Waals surface area contributed by atoms with Crippen LogP contribution in [0.15, 0.2) is 52.4 Å². The van der Waals surface area contributed by atoms with Crippen molar-refractivity contribution in [2.45, 2.75) is 78.2 Å². The van der Waals surface area contributed by atoms with Crippen LogP contribution in [0.3, 0.4) is 0 Å². The molecule has 1 heterocycles. The topological polar surface area (TPSA) is 67.2 Å². The van der Waals surface area contributed by atoms with Crippen LogP contribution in [0, 0.1) is 6.92 Å². The zero-order valence-corrected chi connectivity index (χ0v) is 22.8. The molecule has 35 heavy (non-hydrogen) atoms. The van der Waals surface area contributed by atoms with Gasteiger partial charge in [-0.1, -0.05) is 55.9 Å². The molecular weight excluding hydrogens is 456 g/mol. The summed E-state index contributed by atoms with van der Waals surface area (Å²) < 4.78 is 1.73. The molecule has 1 amide bonds. The van der Waals surface area contributed by atoms with Gasteiger partial charge in [0.15, 0.2) is 5.16 Å². The number of thioether (sulfide) groups is 1. The Labute approximate surface area is 213 Å². The van der Waals surface area contributed by atoms with E-state index in [9.17, 15) is 9.59 Å². The highest BCUT2D eigenvalue weighted by Crippen LogP contribution is 2.28. The lowest BCUT2D eigenvalue weighted by Gasteiger charge is -2.30. The third-order valence-electron chi connectivity index (χ3n) is 6.26. The number of anilines is 1. The van der Waals surface area contributed by atoms with Crippen molar-refractivity contribution in [2.75, 3.05) is 17.6 Å². The SMILES string of the molecule is Cc1cccc(C(C)C)c1NC(=O)CSc1nc2ccccc2c(=O)n1CCN(C(C)C)C(C)C. The molecule has 1 N–H and O–H groups in total. The number of carbonyl (C=O) groups excluding carboxylic acids is 1. The molecule has 0 spiro atoms. The Bertz CT molecular complexity index is 1230. The number of nitrogens with one attached hydrogen (secondary N) is 1. The summed E-state index contributed by atoms with van der Waals surface area (Å²) in [6, 6.07) is 14.2. The van der Waals surface area contributed by atoms with Crippen LogP contribution in [-0.4, -0.2) is 44.7 Å². The van der Waals surface area contributed by atoms with Crippen LogP contribution in [0.5, 0.6) is 0 Å². The summed E-state index contributed by atoms with van der Waals surface area (Å²) in [5.74, 6) is 0.371. The van der Waals surface area contributed by atoms with Gasteiger partial charge in [0.25, 0.3) is 5.56 Å². The minimum Gasteiger partial charge on any atom is -0.325 e. The average Bonchev–Trinajstić information content (AvgIpc) is 2.80. The van der Waals surface area contributed by atoms with Crippen LogP contribution in [0.1, 0.15) is 58.6 Å². The predicted octanol–water partition coefficient (Wildman–Crippen LogP) is 5.68. The van der Waals surface area contributed by atoms with Crippen molar-refractivity contribution in [3.63, 3.8) is 0 Å². The highest BCUT2D eigenvalue weighted by molar-refractivity contribution is 7.99. The zero-order chi connectivity index (χ0) is 25.7. The van der Waals surface area contributed by atoms with E-state index >= 15 is 0 Å². The minimum atomic E-state index is -0.105. The standard InChI is InChI=1S/C28H38N4O2S/c1-18(2)22-13-10-11-21(7)26(22)30-25(33)17-35-28-29-24-14-9-8-12-23(24)27(34)32(28)16-15-31(19(3)4)20(5)6/h8-14,18-20H,15-17H2,1-7H3,(H,30,33). The summed E-state index contributed by atoms with van der Waals surface area (Å²) in [6.45, 7) is 16.2. The second-order valence-electron chi connectivity index (χ2n) is 9.82. The molecule has 6 nitrogen and oxygen atoms in total. The van der Waals surface area contributed by atoms with Crippen LogP contribution in [0.25, 0.3) is 10.9 Å². The molecule has 188 valence electrons. The van der Waals surface area contributed by atoms with Crippen LogP contribution >= 0.6 is 11.8 Å². The number of rotatable bonds is 10. The van der Waals surface area contributed by atoms with E-state index in [1.807, 2.05) is 43.3 Å². The summed E-state index contributed by atoms with van der Waals surface area (Å²) in [4.78, 5) is 33.5. The van der Waals surface area contributed by atoms with Crippen molar-refractivity contribution < 1.29 is 4.79 Å². The van der Waals surface area contributed by atoms with Crippen molar-refractivity contribution in [3.8, 4) is 0 Å². The summed E-state index contributed by atoms with van der Waals surface area (Å²) >= 11 is 1.31. The van der Waals surface area contributed by atoms with E-state index in [1.165, 1.54) is 11.8 Å². The second kappa shape index (κ2) is 11.9. The lowest BCUT2D eigenvalue weighted by molar-refractivity contribution is -0.113. The minimum absolute atomic E-state index is 0.0630. The largest absolute Gasteiger partial charge is 0.325 e. The first kappa shape index (κ1) is 27.0. The molecule has 0 radical (unpaired) electrons. The van der Waals surface area contributed by atoms with Gasteiger partial charge < -0.3 is 5.32 Å². The molecule has 2 aromatic carbocycles. The first-order valence-corrected chi connectivity index (χ1v) is 13.4. The van der Waals surface area contributed by atoms with Gasteiger partial charge in [-0.25, -0.2) is 4.98 Å². The molecule has 0 aliphatic heterocycles. The first-order valence-electron chi connectivity index (χ1n) is 12.4. The molecule has 0 aliphatic rings. The summed E-state index contributed by atoms with van der Waals surface area (Å²) in [7, 11) is 0. The normalized spacial score (nSPS) is 11.9. The Hall–Kier alpha value is -2.64. The van der Waals surface area contributed by atoms with Crippen molar-refractivity contribution in [1.29, 1.82) is 0 Å². The molecule has 0 saturated heterocycles. The molecule has 0 saturated carbocycles. The van der Waals surface area contributed by atoms with Gasteiger partial charge in [0.05, 0.1) is 16.7 Å². The third kappa shape index (κ3) is 6.53. The second-order valence-corrected chi connectivity index (χ2v) is 10.8. The number of fused-ring (bicyclic) bond motifs is 1. The number of aryl methyl sites for hydroxylation is 1. The number of aromatic nitrogens is 2. The van der Waals surface area contributed by atoms with Crippen molar-refractivity contribution >= 4 is 34.3 Å². The Morgan fingerprint density at radius 1 is 1.03 bits per heavy atom. The van der Waals surface area contributed by atoms with Gasteiger partial charge in [0.1, 0.15) is 0 Å². The Kier molecular flexibility index (Phi) is 9.14. The fourth-order valence-corrected chi connectivity index (χ4v) is 5.26. The summed E-state index contributed by atoms with van der Waals surface area (Å²) in [5.41, 5.74) is 3.62. The average molecular weight is 495 g/mol. The van der Waals surface area contributed by atoms with E-state index in [2.05, 4.69) is 57.8 Å². The fourth-order valence-electron chi connectivity index (χ4n) is 4.43. The maximum Gasteiger partial charge on any atom is 0.262 e. The number of amides is 1.